The molecule has 6 heteroatoms. The molecule has 0 bridgehead atoms. The number of hydrogen-bond donors (Lipinski definition) is 2. The van der Waals surface area contributed by atoms with Crippen LogP contribution in [-0.4, -0.2) is 48.4 Å². The zero-order chi connectivity index (χ0) is 19.4. The number of ether oxygens (including phenoxy) is 2. The Hall–Kier alpha value is -2.57. The Labute approximate surface area is 159 Å². The molecule has 0 radical (unpaired) electrons. The number of piperidine rings is 1. The van der Waals surface area contributed by atoms with E-state index in [2.05, 4.69) is 0 Å². The van der Waals surface area contributed by atoms with E-state index >= 15 is 0 Å². The van der Waals surface area contributed by atoms with Crippen molar-refractivity contribution in [1.82, 2.24) is 4.90 Å². The molecule has 2 aromatic carbocycles. The van der Waals surface area contributed by atoms with Crippen LogP contribution in [0, 0.1) is 0 Å². The first kappa shape index (κ1) is 19.2. The first-order chi connectivity index (χ1) is 13.0. The third kappa shape index (κ3) is 3.91. The van der Waals surface area contributed by atoms with Gasteiger partial charge < -0.3 is 19.7 Å². The van der Waals surface area contributed by atoms with Gasteiger partial charge in [-0.15, -0.1) is 0 Å². The molecule has 1 saturated heterocycles. The molecule has 0 saturated carbocycles. The van der Waals surface area contributed by atoms with Gasteiger partial charge in [0.25, 0.3) is 0 Å². The number of likely N-dealkylation sites (tertiary alicyclic amines) is 1. The van der Waals surface area contributed by atoms with Crippen molar-refractivity contribution in [3.05, 3.63) is 59.7 Å². The van der Waals surface area contributed by atoms with Gasteiger partial charge in [-0.3, -0.25) is 9.69 Å². The van der Waals surface area contributed by atoms with Crippen LogP contribution in [0.15, 0.2) is 48.5 Å². The second kappa shape index (κ2) is 7.98. The second-order valence-electron chi connectivity index (χ2n) is 6.79. The van der Waals surface area contributed by atoms with Crippen LogP contribution in [0.4, 0.5) is 0 Å². The molecule has 0 amide bonds. The maximum Gasteiger partial charge on any atom is 0.325 e. The summed E-state index contributed by atoms with van der Waals surface area (Å²) in [6.07, 6.45) is 0.960. The van der Waals surface area contributed by atoms with Gasteiger partial charge in [0.05, 0.1) is 19.8 Å². The van der Waals surface area contributed by atoms with Crippen LogP contribution >= 0.6 is 0 Å². The van der Waals surface area contributed by atoms with Crippen molar-refractivity contribution in [1.29, 1.82) is 0 Å². The molecule has 1 fully saturated rings. The molecule has 0 aromatic heterocycles. The Morgan fingerprint density at radius 1 is 1.04 bits per heavy atom. The first-order valence-electron chi connectivity index (χ1n) is 8.95. The first-order valence-corrected chi connectivity index (χ1v) is 8.95. The summed E-state index contributed by atoms with van der Waals surface area (Å²) in [5, 5.41) is 20.8. The number of nitrogens with zero attached hydrogens (tertiary/aromatic N) is 1. The lowest BCUT2D eigenvalue weighted by Crippen LogP contribution is -2.45. The van der Waals surface area contributed by atoms with Crippen molar-refractivity contribution >= 4 is 5.97 Å². The summed E-state index contributed by atoms with van der Waals surface area (Å²) in [6, 6.07) is 13.9. The lowest BCUT2D eigenvalue weighted by atomic mass is 9.83. The Kier molecular flexibility index (Phi) is 5.68. The molecule has 1 heterocycles. The van der Waals surface area contributed by atoms with Gasteiger partial charge in [0.15, 0.2) is 11.5 Å². The van der Waals surface area contributed by atoms with Gasteiger partial charge in [-0.1, -0.05) is 36.4 Å². The molecule has 144 valence electrons. The number of hydrogen-bond acceptors (Lipinski definition) is 5. The van der Waals surface area contributed by atoms with Crippen LogP contribution in [0.5, 0.6) is 11.5 Å². The molecule has 1 aliphatic heterocycles. The predicted molar refractivity (Wildman–Crippen MR) is 101 cm³/mol. The highest BCUT2D eigenvalue weighted by atomic mass is 16.5. The highest BCUT2D eigenvalue weighted by molar-refractivity contribution is 5.76. The van der Waals surface area contributed by atoms with E-state index in [9.17, 15) is 15.0 Å². The molecule has 2 N–H and O–H groups in total. The molecule has 6 nitrogen and oxygen atoms in total. The smallest absolute Gasteiger partial charge is 0.325 e. The summed E-state index contributed by atoms with van der Waals surface area (Å²) in [5.74, 6) is 0.133. The van der Waals surface area contributed by atoms with E-state index in [1.54, 1.807) is 25.3 Å². The Morgan fingerprint density at radius 2 is 1.67 bits per heavy atom. The predicted octanol–water partition coefficient (Wildman–Crippen LogP) is 2.81. The van der Waals surface area contributed by atoms with Crippen LogP contribution in [-0.2, 0) is 10.4 Å². The van der Waals surface area contributed by atoms with Crippen LogP contribution in [0.25, 0.3) is 0 Å². The van der Waals surface area contributed by atoms with Crippen molar-refractivity contribution in [2.24, 2.45) is 0 Å². The van der Waals surface area contributed by atoms with E-state index in [0.29, 0.717) is 43.0 Å². The molecule has 27 heavy (non-hydrogen) atoms. The number of carboxylic acid groups (broad SMARTS) is 1. The zero-order valence-electron chi connectivity index (χ0n) is 15.6. The summed E-state index contributed by atoms with van der Waals surface area (Å²) in [5.41, 5.74) is 0.589. The van der Waals surface area contributed by atoms with Gasteiger partial charge >= 0.3 is 5.97 Å². The van der Waals surface area contributed by atoms with Crippen molar-refractivity contribution in [3.8, 4) is 11.5 Å². The number of rotatable bonds is 6. The summed E-state index contributed by atoms with van der Waals surface area (Å²) in [6.45, 7) is 0.966. The quantitative estimate of drug-likeness (QED) is 0.813. The van der Waals surface area contributed by atoms with Gasteiger partial charge in [0, 0.05) is 13.1 Å². The second-order valence-corrected chi connectivity index (χ2v) is 6.79. The largest absolute Gasteiger partial charge is 0.493 e. The lowest BCUT2D eigenvalue weighted by Gasteiger charge is -2.41. The van der Waals surface area contributed by atoms with E-state index < -0.39 is 17.6 Å². The van der Waals surface area contributed by atoms with Crippen LogP contribution in [0.1, 0.15) is 30.0 Å². The van der Waals surface area contributed by atoms with Crippen molar-refractivity contribution < 1.29 is 24.5 Å². The average molecular weight is 371 g/mol. The molecule has 0 spiro atoms. The SMILES string of the molecule is COc1ccc([C@@H](C(=O)O)N2CCC(O)(c3ccccc3)CC2)cc1OC. The molecule has 1 atom stereocenters. The monoisotopic (exact) mass is 371 g/mol. The number of carboxylic acids is 1. The minimum atomic E-state index is -0.924. The molecule has 3 rings (SSSR count). The fourth-order valence-electron chi connectivity index (χ4n) is 3.72. The van der Waals surface area contributed by atoms with Gasteiger partial charge in [-0.05, 0) is 36.1 Å². The molecular formula is C21H25NO5. The topological polar surface area (TPSA) is 79.2 Å². The lowest BCUT2D eigenvalue weighted by molar-refractivity contribution is -0.146. The fraction of sp³-hybridized carbons (Fsp3) is 0.381. The van der Waals surface area contributed by atoms with E-state index in [4.69, 9.17) is 9.47 Å². The minimum absolute atomic E-state index is 0.480. The van der Waals surface area contributed by atoms with Crippen LogP contribution < -0.4 is 9.47 Å². The maximum atomic E-state index is 12.0. The molecular weight excluding hydrogens is 346 g/mol. The Bertz CT molecular complexity index is 784. The maximum absolute atomic E-state index is 12.0. The van der Waals surface area contributed by atoms with Crippen LogP contribution in [0.3, 0.4) is 0 Å². The number of aliphatic carboxylic acids is 1. The van der Waals surface area contributed by atoms with E-state index in [0.717, 1.165) is 5.56 Å². The van der Waals surface area contributed by atoms with Gasteiger partial charge in [-0.25, -0.2) is 0 Å². The Morgan fingerprint density at radius 3 is 2.22 bits per heavy atom. The molecule has 2 aromatic rings. The minimum Gasteiger partial charge on any atom is -0.493 e. The third-order valence-electron chi connectivity index (χ3n) is 5.26. The number of methoxy groups -OCH3 is 2. The van der Waals surface area contributed by atoms with Gasteiger partial charge in [0.1, 0.15) is 6.04 Å². The van der Waals surface area contributed by atoms with E-state index in [-0.39, 0.29) is 0 Å². The number of carbonyl (C=O) groups is 1. The standard InChI is InChI=1S/C21H25NO5/c1-26-17-9-8-15(14-18(17)27-2)19(20(23)24)22-12-10-21(25,11-13-22)16-6-4-3-5-7-16/h3-9,14,19,25H,10-13H2,1-2H3,(H,23,24)/t19-/m0/s1. The van der Waals surface area contributed by atoms with Gasteiger partial charge in [0.2, 0.25) is 0 Å². The zero-order valence-corrected chi connectivity index (χ0v) is 15.6. The highest BCUT2D eigenvalue weighted by Crippen LogP contribution is 2.37. The normalized spacial score (nSPS) is 17.9. The molecule has 0 unspecified atom stereocenters. The fourth-order valence-corrected chi connectivity index (χ4v) is 3.72. The number of benzene rings is 2. The summed E-state index contributed by atoms with van der Waals surface area (Å²) >= 11 is 0. The summed E-state index contributed by atoms with van der Waals surface area (Å²) < 4.78 is 10.5. The third-order valence-corrected chi connectivity index (χ3v) is 5.26. The highest BCUT2D eigenvalue weighted by Gasteiger charge is 2.38. The van der Waals surface area contributed by atoms with Crippen molar-refractivity contribution in [2.45, 2.75) is 24.5 Å². The van der Waals surface area contributed by atoms with E-state index in [1.807, 2.05) is 35.2 Å². The van der Waals surface area contributed by atoms with Crippen LogP contribution in [0.2, 0.25) is 0 Å². The van der Waals surface area contributed by atoms with Crippen molar-refractivity contribution in [2.75, 3.05) is 27.3 Å². The molecule has 1 aliphatic rings. The molecule has 0 aliphatic carbocycles. The summed E-state index contributed by atoms with van der Waals surface area (Å²) in [4.78, 5) is 13.9. The number of aliphatic hydroxyl groups is 1. The van der Waals surface area contributed by atoms with Gasteiger partial charge in [-0.2, -0.15) is 0 Å². The van der Waals surface area contributed by atoms with E-state index in [1.165, 1.54) is 7.11 Å². The average Bonchev–Trinajstić information content (AvgIpc) is 2.70. The summed E-state index contributed by atoms with van der Waals surface area (Å²) in [7, 11) is 3.07. The van der Waals surface area contributed by atoms with Crippen molar-refractivity contribution in [3.63, 3.8) is 0 Å². The Balaban J connectivity index is 1.81.